The molecular weight excluding hydrogens is 392 g/mol. The molecule has 0 bridgehead atoms. The van der Waals surface area contributed by atoms with Crippen LogP contribution in [-0.2, 0) is 5.75 Å². The molecule has 5 rings (SSSR count). The third-order valence-electron chi connectivity index (χ3n) is 4.48. The number of fused-ring (bicyclic) bond motifs is 1. The monoisotopic (exact) mass is 408 g/mol. The number of aromatic nitrogens is 3. The molecule has 1 aliphatic rings. The molecule has 2 aromatic carbocycles. The zero-order valence-electron chi connectivity index (χ0n) is 14.8. The summed E-state index contributed by atoms with van der Waals surface area (Å²) in [7, 11) is 0. The number of amides is 1. The molecule has 140 valence electrons. The van der Waals surface area contributed by atoms with Crippen LogP contribution in [0.15, 0.2) is 58.2 Å². The summed E-state index contributed by atoms with van der Waals surface area (Å²) in [4.78, 5) is 17.2. The van der Waals surface area contributed by atoms with Gasteiger partial charge in [-0.3, -0.25) is 10.1 Å². The topological polar surface area (TPSA) is 80.9 Å². The summed E-state index contributed by atoms with van der Waals surface area (Å²) in [6.45, 7) is 0. The summed E-state index contributed by atoms with van der Waals surface area (Å²) in [6.07, 6.45) is 2.33. The van der Waals surface area contributed by atoms with Crippen LogP contribution in [0, 0.1) is 0 Å². The maximum Gasteiger partial charge on any atom is 0.257 e. The quantitative estimate of drug-likeness (QED) is 0.447. The second-order valence-electron chi connectivity index (χ2n) is 6.57. The second-order valence-corrected chi connectivity index (χ2v) is 8.50. The third kappa shape index (κ3) is 3.65. The average molecular weight is 409 g/mol. The zero-order valence-corrected chi connectivity index (χ0v) is 16.4. The fourth-order valence-electron chi connectivity index (χ4n) is 2.86. The van der Waals surface area contributed by atoms with Crippen molar-refractivity contribution in [1.82, 2.24) is 15.2 Å². The Morgan fingerprint density at radius 2 is 1.96 bits per heavy atom. The van der Waals surface area contributed by atoms with Crippen LogP contribution < -0.4 is 5.32 Å². The number of hydrogen-bond acceptors (Lipinski definition) is 7. The van der Waals surface area contributed by atoms with Gasteiger partial charge in [0.25, 0.3) is 11.1 Å². The first kappa shape index (κ1) is 17.4. The Balaban J connectivity index is 1.30. The number of oxazole rings is 1. The van der Waals surface area contributed by atoms with Crippen molar-refractivity contribution in [3.63, 3.8) is 0 Å². The van der Waals surface area contributed by atoms with Crippen LogP contribution in [0.25, 0.3) is 11.1 Å². The highest BCUT2D eigenvalue weighted by molar-refractivity contribution is 7.98. The molecule has 1 N–H and O–H groups in total. The molecule has 0 unspecified atom stereocenters. The molecule has 0 radical (unpaired) electrons. The van der Waals surface area contributed by atoms with Crippen molar-refractivity contribution in [3.8, 4) is 0 Å². The van der Waals surface area contributed by atoms with E-state index in [9.17, 15) is 4.79 Å². The molecule has 28 heavy (non-hydrogen) atoms. The van der Waals surface area contributed by atoms with Crippen LogP contribution in [0.5, 0.6) is 0 Å². The molecule has 0 aliphatic heterocycles. The number of nitrogens with one attached hydrogen (secondary N) is 1. The SMILES string of the molecule is O=C(Nc1nnc(C2CC2)s1)c1ccccc1CSc1nc2ccccc2o1. The van der Waals surface area contributed by atoms with Crippen LogP contribution in [0.2, 0.25) is 0 Å². The fraction of sp³-hybridized carbons (Fsp3) is 0.200. The van der Waals surface area contributed by atoms with E-state index >= 15 is 0 Å². The maximum atomic E-state index is 12.8. The molecule has 1 aliphatic carbocycles. The lowest BCUT2D eigenvalue weighted by Gasteiger charge is -2.07. The zero-order chi connectivity index (χ0) is 18.9. The van der Waals surface area contributed by atoms with Crippen molar-refractivity contribution in [2.24, 2.45) is 0 Å². The number of hydrogen-bond donors (Lipinski definition) is 1. The van der Waals surface area contributed by atoms with Crippen LogP contribution in [0.4, 0.5) is 5.13 Å². The number of anilines is 1. The summed E-state index contributed by atoms with van der Waals surface area (Å²) in [6, 6.07) is 15.2. The van der Waals surface area contributed by atoms with E-state index in [0.717, 1.165) is 21.7 Å². The minimum atomic E-state index is -0.174. The molecule has 4 aromatic rings. The lowest BCUT2D eigenvalue weighted by Crippen LogP contribution is -2.13. The Labute approximate surface area is 169 Å². The minimum Gasteiger partial charge on any atom is -0.431 e. The molecule has 1 amide bonds. The first-order chi connectivity index (χ1) is 13.8. The number of para-hydroxylation sites is 2. The first-order valence-electron chi connectivity index (χ1n) is 8.97. The van der Waals surface area contributed by atoms with Gasteiger partial charge in [-0.05, 0) is 36.6 Å². The van der Waals surface area contributed by atoms with E-state index in [-0.39, 0.29) is 5.91 Å². The molecule has 0 atom stereocenters. The Kier molecular flexibility index (Phi) is 4.58. The van der Waals surface area contributed by atoms with Gasteiger partial charge in [-0.2, -0.15) is 0 Å². The van der Waals surface area contributed by atoms with Crippen molar-refractivity contribution in [2.45, 2.75) is 29.7 Å². The molecule has 1 fully saturated rings. The highest BCUT2D eigenvalue weighted by atomic mass is 32.2. The van der Waals surface area contributed by atoms with E-state index in [2.05, 4.69) is 20.5 Å². The molecule has 8 heteroatoms. The van der Waals surface area contributed by atoms with Gasteiger partial charge in [-0.25, -0.2) is 4.98 Å². The van der Waals surface area contributed by atoms with E-state index in [0.29, 0.717) is 27.6 Å². The van der Waals surface area contributed by atoms with Crippen molar-refractivity contribution >= 4 is 45.2 Å². The minimum absolute atomic E-state index is 0.174. The highest BCUT2D eigenvalue weighted by Gasteiger charge is 2.28. The highest BCUT2D eigenvalue weighted by Crippen LogP contribution is 2.42. The van der Waals surface area contributed by atoms with Gasteiger partial charge < -0.3 is 4.42 Å². The first-order valence-corrected chi connectivity index (χ1v) is 10.8. The fourth-order valence-corrected chi connectivity index (χ4v) is 4.61. The number of thioether (sulfide) groups is 1. The molecule has 6 nitrogen and oxygen atoms in total. The van der Waals surface area contributed by atoms with E-state index < -0.39 is 0 Å². The van der Waals surface area contributed by atoms with Gasteiger partial charge in [0.15, 0.2) is 5.58 Å². The van der Waals surface area contributed by atoms with Crippen molar-refractivity contribution < 1.29 is 9.21 Å². The smallest absolute Gasteiger partial charge is 0.257 e. The summed E-state index contributed by atoms with van der Waals surface area (Å²) >= 11 is 2.93. The number of carbonyl (C=O) groups excluding carboxylic acids is 1. The lowest BCUT2D eigenvalue weighted by molar-refractivity contribution is 0.102. The normalized spacial score (nSPS) is 13.7. The average Bonchev–Trinajstić information content (AvgIpc) is 3.32. The Morgan fingerprint density at radius 3 is 2.82 bits per heavy atom. The number of carbonyl (C=O) groups is 1. The molecule has 2 heterocycles. The van der Waals surface area contributed by atoms with E-state index in [1.165, 1.54) is 35.9 Å². The lowest BCUT2D eigenvalue weighted by atomic mass is 10.1. The number of nitrogens with zero attached hydrogens (tertiary/aromatic N) is 3. The van der Waals surface area contributed by atoms with Gasteiger partial charge in [0.2, 0.25) is 5.13 Å². The Hall–Kier alpha value is -2.71. The number of benzene rings is 2. The second kappa shape index (κ2) is 7.37. The van der Waals surface area contributed by atoms with Crippen molar-refractivity contribution in [2.75, 3.05) is 5.32 Å². The summed E-state index contributed by atoms with van der Waals surface area (Å²) < 4.78 is 5.75. The maximum absolute atomic E-state index is 12.8. The van der Waals surface area contributed by atoms with Crippen LogP contribution in [0.3, 0.4) is 0 Å². The predicted octanol–water partition coefficient (Wildman–Crippen LogP) is 5.10. The predicted molar refractivity (Wildman–Crippen MR) is 110 cm³/mol. The Bertz CT molecular complexity index is 1120. The molecule has 1 saturated carbocycles. The molecule has 0 saturated heterocycles. The standard InChI is InChI=1S/C20H16N4O2S2/c25-17(22-19-24-23-18(28-19)12-9-10-12)14-6-2-1-5-13(14)11-27-20-21-15-7-3-4-8-16(15)26-20/h1-8,12H,9-11H2,(H,22,24,25). The summed E-state index contributed by atoms with van der Waals surface area (Å²) in [5.41, 5.74) is 3.13. The van der Waals surface area contributed by atoms with Crippen LogP contribution in [-0.4, -0.2) is 21.1 Å². The Morgan fingerprint density at radius 1 is 1.14 bits per heavy atom. The van der Waals surface area contributed by atoms with E-state index in [1.807, 2.05) is 48.5 Å². The molecule has 0 spiro atoms. The molecular formula is C20H16N4O2S2. The van der Waals surface area contributed by atoms with Crippen LogP contribution >= 0.6 is 23.1 Å². The number of rotatable bonds is 6. The van der Waals surface area contributed by atoms with Crippen molar-refractivity contribution in [3.05, 3.63) is 64.7 Å². The molecule has 2 aromatic heterocycles. The van der Waals surface area contributed by atoms with Gasteiger partial charge in [0.1, 0.15) is 10.5 Å². The summed E-state index contributed by atoms with van der Waals surface area (Å²) in [5.74, 6) is 0.940. The largest absolute Gasteiger partial charge is 0.431 e. The summed E-state index contributed by atoms with van der Waals surface area (Å²) in [5, 5.41) is 13.3. The van der Waals surface area contributed by atoms with Gasteiger partial charge in [-0.15, -0.1) is 10.2 Å². The van der Waals surface area contributed by atoms with E-state index in [4.69, 9.17) is 4.42 Å². The van der Waals surface area contributed by atoms with E-state index in [1.54, 1.807) is 0 Å². The van der Waals surface area contributed by atoms with Gasteiger partial charge in [-0.1, -0.05) is 53.4 Å². The van der Waals surface area contributed by atoms with Crippen molar-refractivity contribution in [1.29, 1.82) is 0 Å². The third-order valence-corrected chi connectivity index (χ3v) is 6.35. The van der Waals surface area contributed by atoms with Crippen LogP contribution in [0.1, 0.15) is 39.7 Å². The van der Waals surface area contributed by atoms with Gasteiger partial charge in [0, 0.05) is 17.2 Å². The van der Waals surface area contributed by atoms with Gasteiger partial charge >= 0.3 is 0 Å². The van der Waals surface area contributed by atoms with Gasteiger partial charge in [0.05, 0.1) is 0 Å².